The number of rotatable bonds is 11. The minimum atomic E-state index is -4.89. The third kappa shape index (κ3) is 10.3. The quantitative estimate of drug-likeness (QED) is 0.394. The first-order valence-corrected chi connectivity index (χ1v) is 10.1. The van der Waals surface area contributed by atoms with Crippen molar-refractivity contribution in [2.75, 3.05) is 19.7 Å². The van der Waals surface area contributed by atoms with Gasteiger partial charge in [0.05, 0.1) is 17.8 Å². The first kappa shape index (κ1) is 27.4. The molecule has 0 unspecified atom stereocenters. The van der Waals surface area contributed by atoms with E-state index in [1.807, 2.05) is 0 Å². The Hall–Kier alpha value is -3.87. The number of nitrogens with zero attached hydrogens (tertiary/aromatic N) is 1. The van der Waals surface area contributed by atoms with Crippen LogP contribution in [0.25, 0.3) is 0 Å². The van der Waals surface area contributed by atoms with E-state index < -0.39 is 42.2 Å². The van der Waals surface area contributed by atoms with Crippen molar-refractivity contribution < 1.29 is 41.4 Å². The Balaban J connectivity index is 1.64. The molecule has 0 aliphatic heterocycles. The molecule has 2 aromatic rings. The fourth-order valence-electron chi connectivity index (χ4n) is 2.38. The fourth-order valence-corrected chi connectivity index (χ4v) is 2.50. The number of amides is 3. The van der Waals surface area contributed by atoms with Gasteiger partial charge in [-0.3, -0.25) is 14.4 Å². The van der Waals surface area contributed by atoms with Crippen molar-refractivity contribution in [3.8, 4) is 11.5 Å². The molecule has 0 atom stereocenters. The lowest BCUT2D eigenvalue weighted by atomic mass is 10.3. The fraction of sp³-hybridized carbons (Fsp3) is 0.238. The Morgan fingerprint density at radius 3 is 2.40 bits per heavy atom. The average Bonchev–Trinajstić information content (AvgIpc) is 2.77. The maximum atomic E-state index is 13.3. The molecule has 188 valence electrons. The van der Waals surface area contributed by atoms with Crippen molar-refractivity contribution in [1.82, 2.24) is 20.9 Å². The van der Waals surface area contributed by atoms with Gasteiger partial charge in [-0.2, -0.15) is 0 Å². The van der Waals surface area contributed by atoms with E-state index in [1.54, 1.807) is 0 Å². The van der Waals surface area contributed by atoms with Crippen molar-refractivity contribution >= 4 is 29.3 Å². The number of carbonyl (C=O) groups excluding carboxylic acids is 3. The lowest BCUT2D eigenvalue weighted by Gasteiger charge is -2.11. The lowest BCUT2D eigenvalue weighted by molar-refractivity contribution is -0.274. The Morgan fingerprint density at radius 1 is 1.06 bits per heavy atom. The summed E-state index contributed by atoms with van der Waals surface area (Å²) in [7, 11) is 0. The van der Waals surface area contributed by atoms with Gasteiger partial charge in [0.25, 0.3) is 11.8 Å². The largest absolute Gasteiger partial charge is 0.573 e. The van der Waals surface area contributed by atoms with Crippen LogP contribution in [-0.4, -0.2) is 48.8 Å². The average molecular weight is 519 g/mol. The van der Waals surface area contributed by atoms with E-state index in [9.17, 15) is 31.9 Å². The predicted octanol–water partition coefficient (Wildman–Crippen LogP) is 2.72. The van der Waals surface area contributed by atoms with Crippen molar-refractivity contribution in [3.63, 3.8) is 0 Å². The van der Waals surface area contributed by atoms with Gasteiger partial charge in [0, 0.05) is 24.7 Å². The number of nitrogens with one attached hydrogen (secondary N) is 3. The van der Waals surface area contributed by atoms with Gasteiger partial charge in [-0.15, -0.1) is 13.2 Å². The van der Waals surface area contributed by atoms with Gasteiger partial charge >= 0.3 is 6.36 Å². The maximum Gasteiger partial charge on any atom is 0.573 e. The molecule has 0 spiro atoms. The highest BCUT2D eigenvalue weighted by molar-refractivity contribution is 6.30. The molecule has 1 aromatic heterocycles. The number of aromatic nitrogens is 1. The third-order valence-electron chi connectivity index (χ3n) is 3.94. The predicted molar refractivity (Wildman–Crippen MR) is 115 cm³/mol. The van der Waals surface area contributed by atoms with Crippen LogP contribution in [0.5, 0.6) is 11.5 Å². The van der Waals surface area contributed by atoms with Crippen molar-refractivity contribution in [1.29, 1.82) is 0 Å². The molecule has 2 rings (SSSR count). The molecule has 14 heteroatoms. The van der Waals surface area contributed by atoms with Crippen molar-refractivity contribution in [2.24, 2.45) is 0 Å². The van der Waals surface area contributed by atoms with E-state index in [0.29, 0.717) is 0 Å². The summed E-state index contributed by atoms with van der Waals surface area (Å²) in [4.78, 5) is 39.2. The van der Waals surface area contributed by atoms with E-state index in [2.05, 4.69) is 32.3 Å². The van der Waals surface area contributed by atoms with Crippen LogP contribution in [0.3, 0.4) is 0 Å². The standard InChI is InChI=1S/C21H19ClF4N4O5/c1-12(6-7-27-19(32)11-34-13-2-4-15(22)16(23)8-13)30-18(31)10-29-20(33)17-5-3-14(9-28-17)35-21(24,25)26/h2-5,8-9H,1,6-7,10-11H2,(H,27,32)(H,29,33)(H,30,31). The van der Waals surface area contributed by atoms with E-state index >= 15 is 0 Å². The zero-order chi connectivity index (χ0) is 26.0. The molecule has 0 fully saturated rings. The molecule has 0 saturated heterocycles. The second-order valence-electron chi connectivity index (χ2n) is 6.73. The van der Waals surface area contributed by atoms with Crippen LogP contribution in [0.2, 0.25) is 5.02 Å². The molecule has 35 heavy (non-hydrogen) atoms. The molecule has 0 aliphatic carbocycles. The van der Waals surface area contributed by atoms with Crippen LogP contribution < -0.4 is 25.4 Å². The summed E-state index contributed by atoms with van der Waals surface area (Å²) in [5, 5.41) is 7.10. The summed E-state index contributed by atoms with van der Waals surface area (Å²) < 4.78 is 58.5. The molecule has 3 N–H and O–H groups in total. The Labute approximate surface area is 201 Å². The summed E-state index contributed by atoms with van der Waals surface area (Å²) in [6.45, 7) is 2.91. The van der Waals surface area contributed by atoms with Crippen molar-refractivity contribution in [3.05, 3.63) is 65.3 Å². The maximum absolute atomic E-state index is 13.3. The third-order valence-corrected chi connectivity index (χ3v) is 4.24. The van der Waals surface area contributed by atoms with E-state index in [-0.39, 0.29) is 41.7 Å². The van der Waals surface area contributed by atoms with E-state index in [0.717, 1.165) is 24.4 Å². The monoisotopic (exact) mass is 518 g/mol. The first-order chi connectivity index (χ1) is 16.4. The van der Waals surface area contributed by atoms with Gasteiger partial charge in [0.2, 0.25) is 5.91 Å². The molecule has 3 amide bonds. The zero-order valence-corrected chi connectivity index (χ0v) is 18.6. The van der Waals surface area contributed by atoms with Gasteiger partial charge in [0.1, 0.15) is 23.0 Å². The van der Waals surface area contributed by atoms with Crippen LogP contribution in [0.4, 0.5) is 17.6 Å². The highest BCUT2D eigenvalue weighted by atomic mass is 35.5. The van der Waals surface area contributed by atoms with Crippen LogP contribution in [-0.2, 0) is 9.59 Å². The number of hydrogen-bond acceptors (Lipinski definition) is 6. The summed E-state index contributed by atoms with van der Waals surface area (Å²) in [6, 6.07) is 5.65. The van der Waals surface area contributed by atoms with Gasteiger partial charge < -0.3 is 25.4 Å². The lowest BCUT2D eigenvalue weighted by Crippen LogP contribution is -2.37. The molecular formula is C21H19ClF4N4O5. The summed E-state index contributed by atoms with van der Waals surface area (Å²) in [5.41, 5.74) is 0.0226. The van der Waals surface area contributed by atoms with Crippen LogP contribution in [0.15, 0.2) is 48.8 Å². The minimum Gasteiger partial charge on any atom is -0.484 e. The van der Waals surface area contributed by atoms with Gasteiger partial charge in [-0.25, -0.2) is 9.37 Å². The Bertz CT molecular complexity index is 1080. The molecule has 1 heterocycles. The van der Waals surface area contributed by atoms with Gasteiger partial charge in [-0.1, -0.05) is 18.2 Å². The Kier molecular flexibility index (Phi) is 9.82. The van der Waals surface area contributed by atoms with E-state index in [4.69, 9.17) is 16.3 Å². The summed E-state index contributed by atoms with van der Waals surface area (Å²) >= 11 is 5.56. The smallest absolute Gasteiger partial charge is 0.484 e. The van der Waals surface area contributed by atoms with Crippen LogP contribution >= 0.6 is 11.6 Å². The second kappa shape index (κ2) is 12.6. The normalized spacial score (nSPS) is 10.8. The van der Waals surface area contributed by atoms with Crippen LogP contribution in [0, 0.1) is 5.82 Å². The van der Waals surface area contributed by atoms with E-state index in [1.165, 1.54) is 12.1 Å². The summed E-state index contributed by atoms with van der Waals surface area (Å²) in [5.74, 6) is -3.07. The van der Waals surface area contributed by atoms with Gasteiger partial charge in [0.15, 0.2) is 6.61 Å². The minimum absolute atomic E-state index is 0.0767. The van der Waals surface area contributed by atoms with Crippen molar-refractivity contribution in [2.45, 2.75) is 12.8 Å². The van der Waals surface area contributed by atoms with Crippen LogP contribution in [0.1, 0.15) is 16.9 Å². The number of benzene rings is 1. The first-order valence-electron chi connectivity index (χ1n) is 9.75. The number of carbonyl (C=O) groups is 3. The number of halogens is 5. The SMILES string of the molecule is C=C(CCNC(=O)COc1ccc(Cl)c(F)c1)NC(=O)CNC(=O)c1ccc(OC(F)(F)F)cn1. The number of ether oxygens (including phenoxy) is 2. The molecule has 0 aliphatic rings. The van der Waals surface area contributed by atoms with Gasteiger partial charge in [-0.05, 0) is 24.3 Å². The number of pyridine rings is 1. The Morgan fingerprint density at radius 2 is 1.77 bits per heavy atom. The molecule has 9 nitrogen and oxygen atoms in total. The molecule has 0 bridgehead atoms. The molecule has 1 aromatic carbocycles. The highest BCUT2D eigenvalue weighted by Gasteiger charge is 2.31. The molecule has 0 saturated carbocycles. The summed E-state index contributed by atoms with van der Waals surface area (Å²) in [6.07, 6.45) is -4.00. The topological polar surface area (TPSA) is 119 Å². The molecular weight excluding hydrogens is 500 g/mol. The second-order valence-corrected chi connectivity index (χ2v) is 7.13. The zero-order valence-electron chi connectivity index (χ0n) is 17.9. The highest BCUT2D eigenvalue weighted by Crippen LogP contribution is 2.22. The number of hydrogen-bond donors (Lipinski definition) is 3. The number of alkyl halides is 3. The molecule has 0 radical (unpaired) electrons.